The van der Waals surface area contributed by atoms with E-state index < -0.39 is 0 Å². The Morgan fingerprint density at radius 1 is 0.575 bits per heavy atom. The summed E-state index contributed by atoms with van der Waals surface area (Å²) in [7, 11) is 3.30. The van der Waals surface area contributed by atoms with E-state index in [-0.39, 0.29) is 0 Å². The molecule has 0 aromatic heterocycles. The number of benzene rings is 4. The Morgan fingerprint density at radius 2 is 0.975 bits per heavy atom. The van der Waals surface area contributed by atoms with E-state index in [1.165, 1.54) is 11.1 Å². The van der Waals surface area contributed by atoms with Crippen LogP contribution in [0.1, 0.15) is 11.1 Å². The van der Waals surface area contributed by atoms with Crippen LogP contribution in [0.25, 0.3) is 11.1 Å². The van der Waals surface area contributed by atoms with Crippen LogP contribution in [0.3, 0.4) is 0 Å². The van der Waals surface area contributed by atoms with Gasteiger partial charge in [0.2, 0.25) is 0 Å². The van der Waals surface area contributed by atoms with Gasteiger partial charge in [-0.25, -0.2) is 0 Å². The average Bonchev–Trinajstić information content (AvgIpc) is 2.98. The normalized spacial score (nSPS) is 10.3. The summed E-state index contributed by atoms with van der Waals surface area (Å²) in [5.41, 5.74) is 6.08. The van der Waals surface area contributed by atoms with Crippen LogP contribution in [0.15, 0.2) is 97.1 Å². The molecule has 6 nitrogen and oxygen atoms in total. The zero-order chi connectivity index (χ0) is 28.2. The predicted molar refractivity (Wildman–Crippen MR) is 174 cm³/mol. The first-order valence-corrected chi connectivity index (χ1v) is 13.9. The molecule has 0 bridgehead atoms. The topological polar surface area (TPSA) is 66.6 Å². The number of anilines is 2. The summed E-state index contributed by atoms with van der Waals surface area (Å²) in [5, 5.41) is 14.1. The van der Waals surface area contributed by atoms with Crippen molar-refractivity contribution in [3.05, 3.63) is 108 Å². The van der Waals surface area contributed by atoms with Gasteiger partial charge in [0.1, 0.15) is 11.5 Å². The lowest BCUT2D eigenvalue weighted by atomic mass is 10.0. The second-order valence-corrected chi connectivity index (χ2v) is 9.88. The molecule has 206 valence electrons. The predicted octanol–water partition coefficient (Wildman–Crippen LogP) is 6.43. The van der Waals surface area contributed by atoms with Gasteiger partial charge in [-0.3, -0.25) is 0 Å². The maximum atomic E-state index is 5.67. The molecule has 0 atom stereocenters. The van der Waals surface area contributed by atoms with E-state index in [2.05, 4.69) is 45.5 Å². The zero-order valence-corrected chi connectivity index (χ0v) is 24.3. The van der Waals surface area contributed by atoms with E-state index in [0.29, 0.717) is 21.7 Å². The second-order valence-electron chi connectivity index (χ2n) is 9.06. The fraction of sp³-hybridized carbons (Fsp3) is 0.188. The van der Waals surface area contributed by atoms with Gasteiger partial charge in [0, 0.05) is 13.1 Å². The van der Waals surface area contributed by atoms with E-state index in [9.17, 15) is 0 Å². The first-order chi connectivity index (χ1) is 19.6. The van der Waals surface area contributed by atoms with E-state index >= 15 is 0 Å². The summed E-state index contributed by atoms with van der Waals surface area (Å²) in [5.74, 6) is 1.38. The average molecular weight is 571 g/mol. The van der Waals surface area contributed by atoms with Crippen molar-refractivity contribution >= 4 is 46.0 Å². The molecule has 4 aromatic rings. The number of ether oxygens (including phenoxy) is 2. The van der Waals surface area contributed by atoms with Crippen LogP contribution in [-0.2, 0) is 12.8 Å². The highest BCUT2D eigenvalue weighted by Crippen LogP contribution is 2.35. The molecule has 0 saturated carbocycles. The van der Waals surface area contributed by atoms with Crippen molar-refractivity contribution in [3.63, 3.8) is 0 Å². The summed E-state index contributed by atoms with van der Waals surface area (Å²) < 4.78 is 11.3. The third-order valence-corrected chi connectivity index (χ3v) is 6.81. The molecule has 0 unspecified atom stereocenters. The van der Waals surface area contributed by atoms with Crippen molar-refractivity contribution in [2.75, 3.05) is 37.9 Å². The standard InChI is InChI=1S/C32H34N4O2S2/c1-37-29-21-25(13-15-27(29)35-31(39)33-19-17-23-9-5-3-6-10-23)26-14-16-28(30(22-26)38-2)36-32(40)34-20-18-24-11-7-4-8-12-24/h3-16,21-22H,17-20H2,1-2H3,(H2,33,35,39)(H2,34,36,40). The highest BCUT2D eigenvalue weighted by Gasteiger charge is 2.11. The molecular weight excluding hydrogens is 537 g/mol. The minimum atomic E-state index is 0.549. The fourth-order valence-electron chi connectivity index (χ4n) is 4.21. The first-order valence-electron chi connectivity index (χ1n) is 13.1. The van der Waals surface area contributed by atoms with Crippen LogP contribution in [0.2, 0.25) is 0 Å². The molecule has 0 radical (unpaired) electrons. The molecule has 0 aliphatic heterocycles. The van der Waals surface area contributed by atoms with Crippen LogP contribution in [0, 0.1) is 0 Å². The molecule has 0 spiro atoms. The zero-order valence-electron chi connectivity index (χ0n) is 22.7. The van der Waals surface area contributed by atoms with Crippen LogP contribution in [0.4, 0.5) is 11.4 Å². The molecule has 0 aliphatic rings. The number of nitrogens with one attached hydrogen (secondary N) is 4. The molecule has 0 amide bonds. The third kappa shape index (κ3) is 8.43. The molecule has 8 heteroatoms. The molecule has 0 heterocycles. The van der Waals surface area contributed by atoms with Crippen molar-refractivity contribution in [2.24, 2.45) is 0 Å². The molecule has 4 N–H and O–H groups in total. The Bertz CT molecular complexity index is 1310. The van der Waals surface area contributed by atoms with Crippen molar-refractivity contribution < 1.29 is 9.47 Å². The Morgan fingerprint density at radius 3 is 1.35 bits per heavy atom. The summed E-state index contributed by atoms with van der Waals surface area (Å²) >= 11 is 11.0. The Labute approximate surface area is 247 Å². The highest BCUT2D eigenvalue weighted by molar-refractivity contribution is 7.80. The summed E-state index contributed by atoms with van der Waals surface area (Å²) in [6.45, 7) is 1.48. The van der Waals surface area contributed by atoms with Crippen molar-refractivity contribution in [1.29, 1.82) is 0 Å². The van der Waals surface area contributed by atoms with Crippen molar-refractivity contribution in [1.82, 2.24) is 10.6 Å². The summed E-state index contributed by atoms with van der Waals surface area (Å²) in [4.78, 5) is 0. The minimum absolute atomic E-state index is 0.549. The molecule has 4 rings (SSSR count). The number of methoxy groups -OCH3 is 2. The summed E-state index contributed by atoms with van der Waals surface area (Å²) in [6, 6.07) is 32.5. The maximum absolute atomic E-state index is 5.67. The maximum Gasteiger partial charge on any atom is 0.170 e. The minimum Gasteiger partial charge on any atom is -0.495 e. The number of thiocarbonyl (C=S) groups is 2. The van der Waals surface area contributed by atoms with Gasteiger partial charge in [-0.05, 0) is 83.8 Å². The van der Waals surface area contributed by atoms with Gasteiger partial charge in [-0.1, -0.05) is 72.8 Å². The van der Waals surface area contributed by atoms with Gasteiger partial charge >= 0.3 is 0 Å². The van der Waals surface area contributed by atoms with Gasteiger partial charge < -0.3 is 30.7 Å². The van der Waals surface area contributed by atoms with Gasteiger partial charge in [0.05, 0.1) is 25.6 Å². The van der Waals surface area contributed by atoms with Crippen LogP contribution in [-0.4, -0.2) is 37.5 Å². The van der Waals surface area contributed by atoms with E-state index in [1.54, 1.807) is 14.2 Å². The van der Waals surface area contributed by atoms with Gasteiger partial charge in [0.15, 0.2) is 10.2 Å². The van der Waals surface area contributed by atoms with Crippen molar-refractivity contribution in [3.8, 4) is 22.6 Å². The number of rotatable bonds is 11. The third-order valence-electron chi connectivity index (χ3n) is 6.32. The Kier molecular flexibility index (Phi) is 10.7. The second kappa shape index (κ2) is 14.9. The van der Waals surface area contributed by atoms with E-state index in [0.717, 1.165) is 48.4 Å². The van der Waals surface area contributed by atoms with E-state index in [4.69, 9.17) is 33.9 Å². The molecule has 4 aromatic carbocycles. The number of hydrogen-bond donors (Lipinski definition) is 4. The lowest BCUT2D eigenvalue weighted by molar-refractivity contribution is 0.416. The highest BCUT2D eigenvalue weighted by atomic mass is 32.1. The molecule has 0 saturated heterocycles. The van der Waals surface area contributed by atoms with Gasteiger partial charge in [-0.2, -0.15) is 0 Å². The largest absolute Gasteiger partial charge is 0.495 e. The van der Waals surface area contributed by atoms with E-state index in [1.807, 2.05) is 72.8 Å². The van der Waals surface area contributed by atoms with Crippen LogP contribution in [0.5, 0.6) is 11.5 Å². The van der Waals surface area contributed by atoms with Crippen LogP contribution >= 0.6 is 24.4 Å². The first kappa shape index (κ1) is 28.9. The lowest BCUT2D eigenvalue weighted by Gasteiger charge is -2.16. The molecule has 0 fully saturated rings. The molecule has 40 heavy (non-hydrogen) atoms. The monoisotopic (exact) mass is 570 g/mol. The Hall–Kier alpha value is -4.14. The van der Waals surface area contributed by atoms with Crippen molar-refractivity contribution in [2.45, 2.75) is 12.8 Å². The van der Waals surface area contributed by atoms with Crippen LogP contribution < -0.4 is 30.7 Å². The fourth-order valence-corrected chi connectivity index (χ4v) is 4.64. The Balaban J connectivity index is 1.35. The number of hydrogen-bond acceptors (Lipinski definition) is 4. The smallest absolute Gasteiger partial charge is 0.170 e. The van der Waals surface area contributed by atoms with Gasteiger partial charge in [-0.15, -0.1) is 0 Å². The summed E-state index contributed by atoms with van der Waals surface area (Å²) in [6.07, 6.45) is 1.78. The molecule has 0 aliphatic carbocycles. The SMILES string of the molecule is COc1cc(-c2ccc(NC(=S)NCCc3ccccc3)c(OC)c2)ccc1NC(=S)NCCc1ccccc1. The molecular formula is C32H34N4O2S2. The quantitative estimate of drug-likeness (QED) is 0.154. The van der Waals surface area contributed by atoms with Gasteiger partial charge in [0.25, 0.3) is 0 Å². The lowest BCUT2D eigenvalue weighted by Crippen LogP contribution is -2.30.